The van der Waals surface area contributed by atoms with Gasteiger partial charge in [-0.3, -0.25) is 0 Å². The Labute approximate surface area is 92.7 Å². The Balaban J connectivity index is 1.72. The third kappa shape index (κ3) is 2.71. The van der Waals surface area contributed by atoms with E-state index in [4.69, 9.17) is 10.5 Å². The number of methoxy groups -OCH3 is 1. The molecule has 0 amide bonds. The Morgan fingerprint density at radius 2 is 2.00 bits per heavy atom. The minimum absolute atomic E-state index is 0.430. The van der Waals surface area contributed by atoms with Gasteiger partial charge in [0.1, 0.15) is 0 Å². The Kier molecular flexibility index (Phi) is 4.00. The van der Waals surface area contributed by atoms with Crippen molar-refractivity contribution in [3.63, 3.8) is 0 Å². The molecule has 3 heteroatoms. The zero-order chi connectivity index (χ0) is 10.7. The van der Waals surface area contributed by atoms with Crippen molar-refractivity contribution < 1.29 is 4.74 Å². The molecule has 2 fully saturated rings. The molecule has 2 aliphatic carbocycles. The zero-order valence-electron chi connectivity index (χ0n) is 9.74. The van der Waals surface area contributed by atoms with Gasteiger partial charge in [0.2, 0.25) is 0 Å². The van der Waals surface area contributed by atoms with E-state index in [0.717, 1.165) is 6.54 Å². The quantitative estimate of drug-likeness (QED) is 0.738. The fourth-order valence-corrected chi connectivity index (χ4v) is 3.06. The van der Waals surface area contributed by atoms with Crippen molar-refractivity contribution in [3.8, 4) is 0 Å². The first kappa shape index (κ1) is 11.4. The van der Waals surface area contributed by atoms with E-state index in [1.165, 1.54) is 38.5 Å². The predicted molar refractivity (Wildman–Crippen MR) is 61.8 cm³/mol. The van der Waals surface area contributed by atoms with Crippen LogP contribution in [-0.2, 0) is 4.74 Å². The van der Waals surface area contributed by atoms with Crippen molar-refractivity contribution in [1.82, 2.24) is 5.32 Å². The first-order valence-electron chi connectivity index (χ1n) is 6.33. The van der Waals surface area contributed by atoms with E-state index < -0.39 is 0 Å². The summed E-state index contributed by atoms with van der Waals surface area (Å²) in [4.78, 5) is 0. The zero-order valence-corrected chi connectivity index (χ0v) is 9.74. The fourth-order valence-electron chi connectivity index (χ4n) is 3.06. The maximum Gasteiger partial charge on any atom is 0.0724 e. The molecule has 0 heterocycles. The summed E-state index contributed by atoms with van der Waals surface area (Å²) in [6, 6.07) is 1.00. The van der Waals surface area contributed by atoms with Gasteiger partial charge in [-0.15, -0.1) is 0 Å². The second-order valence-electron chi connectivity index (χ2n) is 5.07. The third-order valence-electron chi connectivity index (χ3n) is 4.12. The van der Waals surface area contributed by atoms with Crippen LogP contribution < -0.4 is 11.1 Å². The SMILES string of the molecule is COC1CCCC1NCC1CCCC1N. The summed E-state index contributed by atoms with van der Waals surface area (Å²) in [5, 5.41) is 3.65. The molecule has 0 radical (unpaired) electrons. The van der Waals surface area contributed by atoms with Gasteiger partial charge in [-0.05, 0) is 44.6 Å². The molecular formula is C12H24N2O. The Bertz CT molecular complexity index is 198. The number of rotatable bonds is 4. The second kappa shape index (κ2) is 5.28. The topological polar surface area (TPSA) is 47.3 Å². The highest BCUT2D eigenvalue weighted by molar-refractivity contribution is 4.87. The monoisotopic (exact) mass is 212 g/mol. The van der Waals surface area contributed by atoms with Crippen molar-refractivity contribution in [3.05, 3.63) is 0 Å². The van der Waals surface area contributed by atoms with Crippen molar-refractivity contribution in [2.75, 3.05) is 13.7 Å². The van der Waals surface area contributed by atoms with Gasteiger partial charge in [-0.25, -0.2) is 0 Å². The van der Waals surface area contributed by atoms with Gasteiger partial charge in [-0.2, -0.15) is 0 Å². The molecule has 0 aliphatic heterocycles. The molecule has 2 aliphatic rings. The molecule has 2 rings (SSSR count). The number of hydrogen-bond donors (Lipinski definition) is 2. The van der Waals surface area contributed by atoms with Crippen molar-refractivity contribution in [2.24, 2.45) is 11.7 Å². The minimum atomic E-state index is 0.430. The van der Waals surface area contributed by atoms with Gasteiger partial charge < -0.3 is 15.8 Å². The molecule has 0 spiro atoms. The number of nitrogens with two attached hydrogens (primary N) is 1. The van der Waals surface area contributed by atoms with E-state index in [-0.39, 0.29) is 0 Å². The standard InChI is InChI=1S/C12H24N2O/c1-15-12-7-3-6-11(12)14-8-9-4-2-5-10(9)13/h9-12,14H,2-8,13H2,1H3. The number of nitrogens with one attached hydrogen (secondary N) is 1. The van der Waals surface area contributed by atoms with Crippen LogP contribution in [0.25, 0.3) is 0 Å². The maximum absolute atomic E-state index is 6.06. The lowest BCUT2D eigenvalue weighted by atomic mass is 10.0. The van der Waals surface area contributed by atoms with Crippen LogP contribution in [0.3, 0.4) is 0 Å². The average molecular weight is 212 g/mol. The second-order valence-corrected chi connectivity index (χ2v) is 5.07. The summed E-state index contributed by atoms with van der Waals surface area (Å²) in [7, 11) is 1.83. The van der Waals surface area contributed by atoms with Gasteiger partial charge >= 0.3 is 0 Å². The summed E-state index contributed by atoms with van der Waals surface area (Å²) in [5.41, 5.74) is 6.06. The fraction of sp³-hybridized carbons (Fsp3) is 1.00. The van der Waals surface area contributed by atoms with Crippen LogP contribution in [0.1, 0.15) is 38.5 Å². The summed E-state index contributed by atoms with van der Waals surface area (Å²) in [5.74, 6) is 0.697. The highest BCUT2D eigenvalue weighted by Gasteiger charge is 2.29. The third-order valence-corrected chi connectivity index (χ3v) is 4.12. The van der Waals surface area contributed by atoms with E-state index in [1.807, 2.05) is 7.11 Å². The molecular weight excluding hydrogens is 188 g/mol. The van der Waals surface area contributed by atoms with E-state index in [2.05, 4.69) is 5.32 Å². The summed E-state index contributed by atoms with van der Waals surface area (Å²) < 4.78 is 5.47. The molecule has 0 aromatic rings. The van der Waals surface area contributed by atoms with Gasteiger partial charge in [0.15, 0.2) is 0 Å². The lowest BCUT2D eigenvalue weighted by molar-refractivity contribution is 0.0837. The average Bonchev–Trinajstić information content (AvgIpc) is 2.83. The molecule has 3 N–H and O–H groups in total. The van der Waals surface area contributed by atoms with Crippen LogP contribution in [0.15, 0.2) is 0 Å². The highest BCUT2D eigenvalue weighted by atomic mass is 16.5. The van der Waals surface area contributed by atoms with E-state index >= 15 is 0 Å². The molecule has 0 aromatic carbocycles. The van der Waals surface area contributed by atoms with Crippen molar-refractivity contribution in [2.45, 2.75) is 56.7 Å². The summed E-state index contributed by atoms with van der Waals surface area (Å²) in [6.45, 7) is 1.09. The van der Waals surface area contributed by atoms with Gasteiger partial charge in [0.05, 0.1) is 6.10 Å². The largest absolute Gasteiger partial charge is 0.380 e. The summed E-state index contributed by atoms with van der Waals surface area (Å²) in [6.07, 6.45) is 8.04. The molecule has 4 atom stereocenters. The van der Waals surface area contributed by atoms with Crippen LogP contribution >= 0.6 is 0 Å². The lowest BCUT2D eigenvalue weighted by Gasteiger charge is -2.23. The molecule has 0 aromatic heterocycles. The van der Waals surface area contributed by atoms with Crippen LogP contribution in [0.2, 0.25) is 0 Å². The smallest absolute Gasteiger partial charge is 0.0724 e. The van der Waals surface area contributed by atoms with Gasteiger partial charge in [0, 0.05) is 19.2 Å². The molecule has 0 saturated heterocycles. The van der Waals surface area contributed by atoms with Crippen LogP contribution in [0, 0.1) is 5.92 Å². The van der Waals surface area contributed by atoms with E-state index in [9.17, 15) is 0 Å². The molecule has 88 valence electrons. The summed E-state index contributed by atoms with van der Waals surface area (Å²) >= 11 is 0. The minimum Gasteiger partial charge on any atom is -0.380 e. The highest BCUT2D eigenvalue weighted by Crippen LogP contribution is 2.25. The lowest BCUT2D eigenvalue weighted by Crippen LogP contribution is -2.42. The first-order valence-corrected chi connectivity index (χ1v) is 6.33. The molecule has 15 heavy (non-hydrogen) atoms. The Morgan fingerprint density at radius 3 is 2.67 bits per heavy atom. The Morgan fingerprint density at radius 1 is 1.20 bits per heavy atom. The number of hydrogen-bond acceptors (Lipinski definition) is 3. The van der Waals surface area contributed by atoms with Crippen LogP contribution in [0.4, 0.5) is 0 Å². The van der Waals surface area contributed by atoms with Crippen LogP contribution in [-0.4, -0.2) is 31.8 Å². The normalized spacial score (nSPS) is 41.2. The first-order chi connectivity index (χ1) is 7.31. The van der Waals surface area contributed by atoms with E-state index in [0.29, 0.717) is 24.1 Å². The molecule has 3 nitrogen and oxygen atoms in total. The van der Waals surface area contributed by atoms with Crippen molar-refractivity contribution in [1.29, 1.82) is 0 Å². The Hall–Kier alpha value is -0.120. The molecule has 4 unspecified atom stereocenters. The maximum atomic E-state index is 6.06. The predicted octanol–water partition coefficient (Wildman–Crippen LogP) is 1.27. The number of ether oxygens (including phenoxy) is 1. The van der Waals surface area contributed by atoms with E-state index in [1.54, 1.807) is 0 Å². The van der Waals surface area contributed by atoms with Crippen LogP contribution in [0.5, 0.6) is 0 Å². The van der Waals surface area contributed by atoms with Gasteiger partial charge in [0.25, 0.3) is 0 Å². The molecule has 2 saturated carbocycles. The van der Waals surface area contributed by atoms with Gasteiger partial charge in [-0.1, -0.05) is 6.42 Å². The van der Waals surface area contributed by atoms with Crippen molar-refractivity contribution >= 4 is 0 Å². The molecule has 0 bridgehead atoms.